The predicted octanol–water partition coefficient (Wildman–Crippen LogP) is 4.42. The molecule has 0 aromatic heterocycles. The second kappa shape index (κ2) is 6.83. The highest BCUT2D eigenvalue weighted by Gasteiger charge is 2.31. The molecule has 0 bridgehead atoms. The Balaban J connectivity index is 1.74. The van der Waals surface area contributed by atoms with Gasteiger partial charge in [0.15, 0.2) is 0 Å². The predicted molar refractivity (Wildman–Crippen MR) is 91.3 cm³/mol. The lowest BCUT2D eigenvalue weighted by Crippen LogP contribution is -2.29. The molecule has 2 atom stereocenters. The Labute approximate surface area is 137 Å². The zero-order valence-electron chi connectivity index (χ0n) is 13.4. The monoisotopic (exact) mass is 308 g/mol. The first kappa shape index (κ1) is 15.6. The minimum Gasteiger partial charge on any atom is -0.364 e. The van der Waals surface area contributed by atoms with Crippen LogP contribution in [0.2, 0.25) is 0 Å². The highest BCUT2D eigenvalue weighted by molar-refractivity contribution is 5.51. The van der Waals surface area contributed by atoms with E-state index in [9.17, 15) is 4.39 Å². The third-order valence-corrected chi connectivity index (χ3v) is 4.61. The molecule has 1 aliphatic heterocycles. The zero-order valence-corrected chi connectivity index (χ0v) is 13.4. The van der Waals surface area contributed by atoms with E-state index in [1.807, 2.05) is 4.90 Å². The summed E-state index contributed by atoms with van der Waals surface area (Å²) in [5, 5.41) is 8.91. The molecule has 3 heteroatoms. The SMILES string of the molecule is Cc1ccccc1Cc1ccc(N2CC(F)CC2CC#N)cc1. The van der Waals surface area contributed by atoms with Gasteiger partial charge in [0.1, 0.15) is 6.17 Å². The minimum atomic E-state index is -0.833. The van der Waals surface area contributed by atoms with Crippen LogP contribution in [0.15, 0.2) is 48.5 Å². The summed E-state index contributed by atoms with van der Waals surface area (Å²) in [6, 6.07) is 18.9. The third-order valence-electron chi connectivity index (χ3n) is 4.61. The number of alkyl halides is 1. The molecule has 2 aromatic rings. The fraction of sp³-hybridized carbons (Fsp3) is 0.350. The number of halogens is 1. The van der Waals surface area contributed by atoms with E-state index < -0.39 is 6.17 Å². The smallest absolute Gasteiger partial charge is 0.120 e. The van der Waals surface area contributed by atoms with Crippen LogP contribution in [-0.2, 0) is 6.42 Å². The fourth-order valence-corrected chi connectivity index (χ4v) is 3.31. The summed E-state index contributed by atoms with van der Waals surface area (Å²) in [7, 11) is 0. The molecule has 3 rings (SSSR count). The van der Waals surface area contributed by atoms with Crippen LogP contribution in [0.1, 0.15) is 29.5 Å². The van der Waals surface area contributed by atoms with Gasteiger partial charge < -0.3 is 4.90 Å². The van der Waals surface area contributed by atoms with Gasteiger partial charge in [0.25, 0.3) is 0 Å². The van der Waals surface area contributed by atoms with Crippen molar-refractivity contribution in [1.82, 2.24) is 0 Å². The number of aryl methyl sites for hydroxylation is 1. The van der Waals surface area contributed by atoms with Crippen LogP contribution >= 0.6 is 0 Å². The van der Waals surface area contributed by atoms with Crippen LogP contribution in [0.3, 0.4) is 0 Å². The fourth-order valence-electron chi connectivity index (χ4n) is 3.31. The summed E-state index contributed by atoms with van der Waals surface area (Å²) >= 11 is 0. The van der Waals surface area contributed by atoms with Gasteiger partial charge >= 0.3 is 0 Å². The van der Waals surface area contributed by atoms with Gasteiger partial charge in [-0.15, -0.1) is 0 Å². The first-order chi connectivity index (χ1) is 11.2. The average molecular weight is 308 g/mol. The molecule has 0 spiro atoms. The summed E-state index contributed by atoms with van der Waals surface area (Å²) in [5.41, 5.74) is 4.88. The Morgan fingerprint density at radius 2 is 1.91 bits per heavy atom. The molecule has 0 saturated carbocycles. The first-order valence-electron chi connectivity index (χ1n) is 8.08. The van der Waals surface area contributed by atoms with E-state index >= 15 is 0 Å². The average Bonchev–Trinajstić information content (AvgIpc) is 2.91. The van der Waals surface area contributed by atoms with Crippen LogP contribution in [0.5, 0.6) is 0 Å². The van der Waals surface area contributed by atoms with Crippen molar-refractivity contribution in [2.75, 3.05) is 11.4 Å². The molecule has 118 valence electrons. The van der Waals surface area contributed by atoms with E-state index in [2.05, 4.69) is 61.5 Å². The number of benzene rings is 2. The first-order valence-corrected chi connectivity index (χ1v) is 8.08. The molecule has 1 aliphatic rings. The quantitative estimate of drug-likeness (QED) is 0.836. The van der Waals surface area contributed by atoms with E-state index in [-0.39, 0.29) is 6.04 Å². The zero-order chi connectivity index (χ0) is 16.2. The number of rotatable bonds is 4. The Morgan fingerprint density at radius 1 is 1.17 bits per heavy atom. The van der Waals surface area contributed by atoms with E-state index in [0.29, 0.717) is 19.4 Å². The second-order valence-corrected chi connectivity index (χ2v) is 6.27. The van der Waals surface area contributed by atoms with Crippen LogP contribution in [0.25, 0.3) is 0 Å². The molecule has 0 aliphatic carbocycles. The van der Waals surface area contributed by atoms with Crippen molar-refractivity contribution in [1.29, 1.82) is 5.26 Å². The van der Waals surface area contributed by atoms with Gasteiger partial charge in [0, 0.05) is 24.7 Å². The minimum absolute atomic E-state index is 0.00258. The number of nitriles is 1. The summed E-state index contributed by atoms with van der Waals surface area (Å²) in [4.78, 5) is 2.03. The van der Waals surface area contributed by atoms with Crippen molar-refractivity contribution in [3.05, 3.63) is 65.2 Å². The topological polar surface area (TPSA) is 27.0 Å². The molecular formula is C20H21FN2. The summed E-state index contributed by atoms with van der Waals surface area (Å²) in [6.45, 7) is 2.52. The van der Waals surface area contributed by atoms with Crippen molar-refractivity contribution < 1.29 is 4.39 Å². The summed E-state index contributed by atoms with van der Waals surface area (Å²) < 4.78 is 13.7. The molecule has 1 fully saturated rings. The van der Waals surface area contributed by atoms with Crippen molar-refractivity contribution in [2.45, 2.75) is 38.4 Å². The molecule has 0 N–H and O–H groups in total. The van der Waals surface area contributed by atoms with E-state index in [4.69, 9.17) is 5.26 Å². The Kier molecular flexibility index (Phi) is 4.62. The van der Waals surface area contributed by atoms with Crippen molar-refractivity contribution >= 4 is 5.69 Å². The van der Waals surface area contributed by atoms with Gasteiger partial charge in [-0.25, -0.2) is 4.39 Å². The van der Waals surface area contributed by atoms with Gasteiger partial charge in [0.05, 0.1) is 12.5 Å². The number of nitrogens with zero attached hydrogens (tertiary/aromatic N) is 2. The Hall–Kier alpha value is -2.34. The largest absolute Gasteiger partial charge is 0.364 e. The number of hydrogen-bond acceptors (Lipinski definition) is 2. The molecular weight excluding hydrogens is 287 g/mol. The molecule has 2 nitrogen and oxygen atoms in total. The molecule has 1 heterocycles. The summed E-state index contributed by atoms with van der Waals surface area (Å²) in [5.74, 6) is 0. The summed E-state index contributed by atoms with van der Waals surface area (Å²) in [6.07, 6.45) is 0.907. The molecule has 23 heavy (non-hydrogen) atoms. The lowest BCUT2D eigenvalue weighted by atomic mass is 10.0. The highest BCUT2D eigenvalue weighted by Crippen LogP contribution is 2.29. The maximum absolute atomic E-state index is 13.7. The van der Waals surface area contributed by atoms with Gasteiger partial charge in [-0.2, -0.15) is 5.26 Å². The Morgan fingerprint density at radius 3 is 2.61 bits per heavy atom. The van der Waals surface area contributed by atoms with E-state index in [1.54, 1.807) is 0 Å². The van der Waals surface area contributed by atoms with Crippen LogP contribution in [0, 0.1) is 18.3 Å². The molecule has 0 radical (unpaired) electrons. The van der Waals surface area contributed by atoms with Crippen molar-refractivity contribution in [3.8, 4) is 6.07 Å². The molecule has 2 unspecified atom stereocenters. The lowest BCUT2D eigenvalue weighted by Gasteiger charge is -2.24. The van der Waals surface area contributed by atoms with Crippen LogP contribution in [-0.4, -0.2) is 18.8 Å². The van der Waals surface area contributed by atoms with Gasteiger partial charge in [0.2, 0.25) is 0 Å². The standard InChI is InChI=1S/C20H21FN2/c1-15-4-2-3-5-17(15)12-16-6-8-19(9-7-16)23-14-18(21)13-20(23)10-11-22/h2-9,18,20H,10,12-14H2,1H3. The van der Waals surface area contributed by atoms with Crippen LogP contribution < -0.4 is 4.90 Å². The maximum atomic E-state index is 13.7. The van der Waals surface area contributed by atoms with Crippen molar-refractivity contribution in [2.24, 2.45) is 0 Å². The maximum Gasteiger partial charge on any atom is 0.120 e. The molecule has 1 saturated heterocycles. The van der Waals surface area contributed by atoms with Crippen molar-refractivity contribution in [3.63, 3.8) is 0 Å². The van der Waals surface area contributed by atoms with E-state index in [0.717, 1.165) is 12.1 Å². The molecule has 0 amide bonds. The number of anilines is 1. The Bertz CT molecular complexity index is 702. The second-order valence-electron chi connectivity index (χ2n) is 6.27. The van der Waals surface area contributed by atoms with Gasteiger partial charge in [-0.3, -0.25) is 0 Å². The lowest BCUT2D eigenvalue weighted by molar-refractivity contribution is 0.356. The molecule has 2 aromatic carbocycles. The van der Waals surface area contributed by atoms with Gasteiger partial charge in [-0.05, 0) is 42.2 Å². The van der Waals surface area contributed by atoms with E-state index in [1.165, 1.54) is 16.7 Å². The van der Waals surface area contributed by atoms with Gasteiger partial charge in [-0.1, -0.05) is 36.4 Å². The normalized spacial score (nSPS) is 20.5. The third kappa shape index (κ3) is 3.53. The van der Waals surface area contributed by atoms with Crippen LogP contribution in [0.4, 0.5) is 10.1 Å². The highest BCUT2D eigenvalue weighted by atomic mass is 19.1. The number of hydrogen-bond donors (Lipinski definition) is 0.